The minimum absolute atomic E-state index is 0.163. The van der Waals surface area contributed by atoms with Gasteiger partial charge in [-0.3, -0.25) is 9.89 Å². The van der Waals surface area contributed by atoms with Crippen molar-refractivity contribution in [1.82, 2.24) is 20.4 Å². The average Bonchev–Trinajstić information content (AvgIpc) is 2.61. The Balaban J connectivity index is 1.68. The van der Waals surface area contributed by atoms with Crippen LogP contribution in [0.25, 0.3) is 0 Å². The van der Waals surface area contributed by atoms with Crippen LogP contribution < -0.4 is 10.6 Å². The van der Waals surface area contributed by atoms with Gasteiger partial charge in [0.2, 0.25) is 0 Å². The third-order valence-corrected chi connectivity index (χ3v) is 4.55. The summed E-state index contributed by atoms with van der Waals surface area (Å²) in [5.74, 6) is 0.589. The van der Waals surface area contributed by atoms with E-state index in [0.29, 0.717) is 12.1 Å². The molecule has 0 aliphatic carbocycles. The quantitative estimate of drug-likeness (QED) is 0.610. The van der Waals surface area contributed by atoms with Crippen LogP contribution in [-0.2, 0) is 6.54 Å². The molecule has 6 heteroatoms. The van der Waals surface area contributed by atoms with Crippen LogP contribution in [0.1, 0.15) is 18.1 Å². The van der Waals surface area contributed by atoms with Crippen LogP contribution in [0.2, 0.25) is 0 Å². The Labute approximate surface area is 144 Å². The Kier molecular flexibility index (Phi) is 7.46. The van der Waals surface area contributed by atoms with E-state index >= 15 is 0 Å². The van der Waals surface area contributed by atoms with Gasteiger partial charge in [-0.15, -0.1) is 0 Å². The Morgan fingerprint density at radius 2 is 1.88 bits per heavy atom. The number of aliphatic imine (C=N–C) groups is 1. The number of aryl methyl sites for hydroxylation is 1. The first kappa shape index (κ1) is 18.7. The summed E-state index contributed by atoms with van der Waals surface area (Å²) in [6.45, 7) is 12.1. The summed E-state index contributed by atoms with van der Waals surface area (Å²) >= 11 is 0. The van der Waals surface area contributed by atoms with Crippen molar-refractivity contribution in [3.8, 4) is 0 Å². The van der Waals surface area contributed by atoms with E-state index in [0.717, 1.165) is 57.3 Å². The molecule has 0 saturated carbocycles. The van der Waals surface area contributed by atoms with Gasteiger partial charge in [-0.1, -0.05) is 19.1 Å². The molecule has 2 N–H and O–H groups in total. The lowest BCUT2D eigenvalue weighted by atomic mass is 10.1. The van der Waals surface area contributed by atoms with Gasteiger partial charge in [-0.2, -0.15) is 0 Å². The third kappa shape index (κ3) is 5.76. The lowest BCUT2D eigenvalue weighted by molar-refractivity contribution is 0.139. The fourth-order valence-corrected chi connectivity index (χ4v) is 2.81. The number of halogens is 1. The summed E-state index contributed by atoms with van der Waals surface area (Å²) in [6.07, 6.45) is 0. The summed E-state index contributed by atoms with van der Waals surface area (Å²) in [4.78, 5) is 9.18. The molecule has 24 heavy (non-hydrogen) atoms. The van der Waals surface area contributed by atoms with Crippen LogP contribution >= 0.6 is 0 Å². The first-order valence-corrected chi connectivity index (χ1v) is 8.76. The van der Waals surface area contributed by atoms with Crippen molar-refractivity contribution in [2.24, 2.45) is 4.99 Å². The van der Waals surface area contributed by atoms with Crippen molar-refractivity contribution in [1.29, 1.82) is 0 Å². The zero-order valence-electron chi connectivity index (χ0n) is 15.1. The van der Waals surface area contributed by atoms with Gasteiger partial charge in [0.05, 0.1) is 0 Å². The minimum atomic E-state index is -0.163. The predicted molar refractivity (Wildman–Crippen MR) is 97.9 cm³/mol. The molecule has 0 bridgehead atoms. The molecular formula is C18H30FN5. The molecule has 1 saturated heterocycles. The van der Waals surface area contributed by atoms with Gasteiger partial charge < -0.3 is 15.5 Å². The van der Waals surface area contributed by atoms with E-state index in [2.05, 4.69) is 32.3 Å². The van der Waals surface area contributed by atoms with Gasteiger partial charge >= 0.3 is 0 Å². The van der Waals surface area contributed by atoms with E-state index in [1.165, 1.54) is 0 Å². The van der Waals surface area contributed by atoms with Gasteiger partial charge in [0.25, 0.3) is 0 Å². The Morgan fingerprint density at radius 3 is 2.50 bits per heavy atom. The van der Waals surface area contributed by atoms with Gasteiger partial charge in [-0.25, -0.2) is 4.39 Å². The maximum atomic E-state index is 13.6. The van der Waals surface area contributed by atoms with Crippen molar-refractivity contribution in [2.75, 3.05) is 52.9 Å². The zero-order valence-corrected chi connectivity index (χ0v) is 15.1. The van der Waals surface area contributed by atoms with Gasteiger partial charge in [0, 0.05) is 52.9 Å². The second-order valence-electron chi connectivity index (χ2n) is 6.21. The molecule has 0 unspecified atom stereocenters. The second-order valence-corrected chi connectivity index (χ2v) is 6.21. The van der Waals surface area contributed by atoms with Crippen LogP contribution in [0.4, 0.5) is 4.39 Å². The summed E-state index contributed by atoms with van der Waals surface area (Å²) < 4.78 is 13.6. The molecule has 5 nitrogen and oxygen atoms in total. The largest absolute Gasteiger partial charge is 0.355 e. The van der Waals surface area contributed by atoms with Crippen LogP contribution in [0.15, 0.2) is 23.2 Å². The highest BCUT2D eigenvalue weighted by Crippen LogP contribution is 2.08. The smallest absolute Gasteiger partial charge is 0.191 e. The number of nitrogens with zero attached hydrogens (tertiary/aromatic N) is 3. The molecule has 1 aromatic carbocycles. The van der Waals surface area contributed by atoms with Crippen molar-refractivity contribution in [3.63, 3.8) is 0 Å². The first-order chi connectivity index (χ1) is 11.6. The molecule has 2 rings (SSSR count). The Hall–Kier alpha value is -1.66. The standard InChI is InChI=1S/C18H30FN5/c1-4-23-9-11-24(12-10-23)8-7-21-18(20-3)22-14-16-6-5-15(2)17(19)13-16/h5-6,13H,4,7-12,14H2,1-3H3,(H2,20,21,22). The van der Waals surface area contributed by atoms with Crippen LogP contribution in [-0.4, -0.2) is 68.6 Å². The molecule has 134 valence electrons. The summed E-state index contributed by atoms with van der Waals surface area (Å²) in [6, 6.07) is 5.31. The zero-order chi connectivity index (χ0) is 17.4. The highest BCUT2D eigenvalue weighted by atomic mass is 19.1. The average molecular weight is 335 g/mol. The number of hydrogen-bond acceptors (Lipinski definition) is 3. The van der Waals surface area contributed by atoms with Gasteiger partial charge in [0.15, 0.2) is 5.96 Å². The molecule has 0 amide bonds. The van der Waals surface area contributed by atoms with Crippen molar-refractivity contribution in [2.45, 2.75) is 20.4 Å². The number of hydrogen-bond donors (Lipinski definition) is 2. The molecule has 1 aliphatic rings. The molecule has 0 spiro atoms. The van der Waals surface area contributed by atoms with E-state index in [1.807, 2.05) is 6.07 Å². The van der Waals surface area contributed by atoms with E-state index < -0.39 is 0 Å². The van der Waals surface area contributed by atoms with E-state index in [4.69, 9.17) is 0 Å². The summed E-state index contributed by atoms with van der Waals surface area (Å²) in [5.41, 5.74) is 1.58. The lowest BCUT2D eigenvalue weighted by Gasteiger charge is -2.34. The number of nitrogens with one attached hydrogen (secondary N) is 2. The van der Waals surface area contributed by atoms with E-state index in [9.17, 15) is 4.39 Å². The third-order valence-electron chi connectivity index (χ3n) is 4.55. The van der Waals surface area contributed by atoms with Crippen molar-refractivity contribution < 1.29 is 4.39 Å². The number of piperazine rings is 1. The monoisotopic (exact) mass is 335 g/mol. The number of guanidine groups is 1. The number of rotatable bonds is 6. The van der Waals surface area contributed by atoms with Crippen LogP contribution in [0.5, 0.6) is 0 Å². The van der Waals surface area contributed by atoms with E-state index in [1.54, 1.807) is 26.1 Å². The maximum Gasteiger partial charge on any atom is 0.191 e. The summed E-state index contributed by atoms with van der Waals surface area (Å²) in [5, 5.41) is 6.56. The molecule has 0 radical (unpaired) electrons. The van der Waals surface area contributed by atoms with Crippen molar-refractivity contribution >= 4 is 5.96 Å². The number of likely N-dealkylation sites (N-methyl/N-ethyl adjacent to an activating group) is 1. The molecule has 1 fully saturated rings. The molecular weight excluding hydrogens is 305 g/mol. The Bertz CT molecular complexity index is 538. The van der Waals surface area contributed by atoms with Crippen LogP contribution in [0.3, 0.4) is 0 Å². The van der Waals surface area contributed by atoms with Gasteiger partial charge in [-0.05, 0) is 30.7 Å². The second kappa shape index (κ2) is 9.59. The molecule has 1 aliphatic heterocycles. The highest BCUT2D eigenvalue weighted by Gasteiger charge is 2.14. The fourth-order valence-electron chi connectivity index (χ4n) is 2.81. The molecule has 0 atom stereocenters. The Morgan fingerprint density at radius 1 is 1.17 bits per heavy atom. The predicted octanol–water partition coefficient (Wildman–Crippen LogP) is 1.44. The fraction of sp³-hybridized carbons (Fsp3) is 0.611. The summed E-state index contributed by atoms with van der Waals surface area (Å²) in [7, 11) is 1.76. The maximum absolute atomic E-state index is 13.6. The highest BCUT2D eigenvalue weighted by molar-refractivity contribution is 5.79. The van der Waals surface area contributed by atoms with Gasteiger partial charge in [0.1, 0.15) is 5.82 Å². The SMILES string of the molecule is CCN1CCN(CCNC(=NC)NCc2ccc(C)c(F)c2)CC1. The van der Waals surface area contributed by atoms with Crippen LogP contribution in [0, 0.1) is 12.7 Å². The normalized spacial score (nSPS) is 17.1. The molecule has 1 heterocycles. The van der Waals surface area contributed by atoms with Crippen molar-refractivity contribution in [3.05, 3.63) is 35.1 Å². The molecule has 1 aromatic rings. The molecule has 0 aromatic heterocycles. The minimum Gasteiger partial charge on any atom is -0.355 e. The number of benzene rings is 1. The van der Waals surface area contributed by atoms with E-state index in [-0.39, 0.29) is 5.82 Å². The topological polar surface area (TPSA) is 42.9 Å². The first-order valence-electron chi connectivity index (χ1n) is 8.76. The lowest BCUT2D eigenvalue weighted by Crippen LogP contribution is -2.49.